The predicted octanol–water partition coefficient (Wildman–Crippen LogP) is 3.55. The molecular formula is C21H29F3N2O5. The number of aliphatic carboxylic acids is 1. The average Bonchev–Trinajstić information content (AvgIpc) is 2.61. The van der Waals surface area contributed by atoms with Gasteiger partial charge in [0.05, 0.1) is 6.42 Å². The Bertz CT molecular complexity index is 811. The fourth-order valence-electron chi connectivity index (χ4n) is 2.80. The predicted molar refractivity (Wildman–Crippen MR) is 107 cm³/mol. The molecule has 3 N–H and O–H groups in total. The Kier molecular flexibility index (Phi) is 9.33. The van der Waals surface area contributed by atoms with Gasteiger partial charge in [0.2, 0.25) is 5.91 Å². The number of carboxylic acids is 1. The average molecular weight is 446 g/mol. The lowest BCUT2D eigenvalue weighted by molar-refractivity contribution is -0.137. The van der Waals surface area contributed by atoms with Crippen LogP contribution in [-0.2, 0) is 20.7 Å². The van der Waals surface area contributed by atoms with E-state index in [1.807, 2.05) is 0 Å². The summed E-state index contributed by atoms with van der Waals surface area (Å²) in [4.78, 5) is 36.2. The summed E-state index contributed by atoms with van der Waals surface area (Å²) >= 11 is 0. The second-order valence-corrected chi connectivity index (χ2v) is 8.37. The summed E-state index contributed by atoms with van der Waals surface area (Å²) in [5.74, 6) is -6.05. The standard InChI is InChI=1S/C21H29F3N2O5/c1-6-11(2)18(26-20(30)31-21(3,4)5)19(29)25-13(9-17(27)28)7-12-8-15(23)16(24)10-14(12)22/h8,10-11,13,18H,6-7,9H2,1-5H3,(H,25,29)(H,26,30)(H,27,28)/t11?,13-,18?/m1/s1. The first kappa shape index (κ1) is 26.3. The summed E-state index contributed by atoms with van der Waals surface area (Å²) in [7, 11) is 0. The normalized spacial score (nSPS) is 14.3. The number of hydrogen-bond acceptors (Lipinski definition) is 4. The quantitative estimate of drug-likeness (QED) is 0.503. The largest absolute Gasteiger partial charge is 0.481 e. The molecule has 2 unspecified atom stereocenters. The van der Waals surface area contributed by atoms with Gasteiger partial charge in [0.1, 0.15) is 17.5 Å². The SMILES string of the molecule is CCC(C)C(NC(=O)OC(C)(C)C)C(=O)N[C@@H](CC(=O)O)Cc1cc(F)c(F)cc1F. The van der Waals surface area contributed by atoms with Crippen LogP contribution >= 0.6 is 0 Å². The number of hydrogen-bond donors (Lipinski definition) is 3. The Balaban J connectivity index is 3.04. The van der Waals surface area contributed by atoms with E-state index in [9.17, 15) is 27.6 Å². The maximum absolute atomic E-state index is 14.0. The van der Waals surface area contributed by atoms with Crippen LogP contribution in [0.3, 0.4) is 0 Å². The Morgan fingerprint density at radius 2 is 1.65 bits per heavy atom. The molecule has 0 spiro atoms. The van der Waals surface area contributed by atoms with Gasteiger partial charge in [-0.05, 0) is 44.7 Å². The van der Waals surface area contributed by atoms with Crippen LogP contribution in [0.5, 0.6) is 0 Å². The van der Waals surface area contributed by atoms with Crippen LogP contribution in [-0.4, -0.2) is 40.8 Å². The first-order chi connectivity index (χ1) is 14.2. The van der Waals surface area contributed by atoms with E-state index >= 15 is 0 Å². The zero-order chi connectivity index (χ0) is 23.9. The number of carboxylic acid groups (broad SMARTS) is 1. The van der Waals surface area contributed by atoms with Gasteiger partial charge in [-0.3, -0.25) is 9.59 Å². The smallest absolute Gasteiger partial charge is 0.408 e. The molecule has 0 radical (unpaired) electrons. The number of carbonyl (C=O) groups excluding carboxylic acids is 2. The van der Waals surface area contributed by atoms with Crippen molar-refractivity contribution in [3.8, 4) is 0 Å². The monoisotopic (exact) mass is 446 g/mol. The molecule has 3 atom stereocenters. The molecule has 0 fully saturated rings. The van der Waals surface area contributed by atoms with Crippen molar-refractivity contribution < 1.29 is 37.4 Å². The number of nitrogens with one attached hydrogen (secondary N) is 2. The lowest BCUT2D eigenvalue weighted by atomic mass is 9.97. The van der Waals surface area contributed by atoms with Gasteiger partial charge in [-0.25, -0.2) is 18.0 Å². The van der Waals surface area contributed by atoms with Gasteiger partial charge in [-0.1, -0.05) is 20.3 Å². The molecule has 0 heterocycles. The second-order valence-electron chi connectivity index (χ2n) is 8.37. The molecule has 7 nitrogen and oxygen atoms in total. The highest BCUT2D eigenvalue weighted by atomic mass is 19.2. The van der Waals surface area contributed by atoms with Gasteiger partial charge in [-0.2, -0.15) is 0 Å². The minimum Gasteiger partial charge on any atom is -0.481 e. The third-order valence-corrected chi connectivity index (χ3v) is 4.49. The molecule has 2 amide bonds. The van der Waals surface area contributed by atoms with Crippen molar-refractivity contribution in [2.75, 3.05) is 0 Å². The molecular weight excluding hydrogens is 417 g/mol. The van der Waals surface area contributed by atoms with E-state index in [1.54, 1.807) is 34.6 Å². The zero-order valence-corrected chi connectivity index (χ0v) is 18.2. The lowest BCUT2D eigenvalue weighted by Crippen LogP contribution is -2.54. The fourth-order valence-corrected chi connectivity index (χ4v) is 2.80. The number of rotatable bonds is 9. The van der Waals surface area contributed by atoms with Crippen LogP contribution in [0.1, 0.15) is 53.0 Å². The maximum atomic E-state index is 14.0. The summed E-state index contributed by atoms with van der Waals surface area (Å²) in [5.41, 5.74) is -1.08. The third kappa shape index (κ3) is 8.85. The Morgan fingerprint density at radius 1 is 1.06 bits per heavy atom. The van der Waals surface area contributed by atoms with E-state index in [4.69, 9.17) is 9.84 Å². The van der Waals surface area contributed by atoms with Gasteiger partial charge in [-0.15, -0.1) is 0 Å². The number of amides is 2. The van der Waals surface area contributed by atoms with Crippen molar-refractivity contribution in [2.24, 2.45) is 5.92 Å². The molecule has 0 bridgehead atoms. The Labute approximate surface area is 179 Å². The zero-order valence-electron chi connectivity index (χ0n) is 18.2. The second kappa shape index (κ2) is 11.0. The Morgan fingerprint density at radius 3 is 2.16 bits per heavy atom. The van der Waals surface area contributed by atoms with Crippen LogP contribution in [0.25, 0.3) is 0 Å². The van der Waals surface area contributed by atoms with Crippen LogP contribution in [0.4, 0.5) is 18.0 Å². The summed E-state index contributed by atoms with van der Waals surface area (Å²) < 4.78 is 45.8. The Hall–Kier alpha value is -2.78. The van der Waals surface area contributed by atoms with Crippen molar-refractivity contribution in [1.29, 1.82) is 0 Å². The molecule has 31 heavy (non-hydrogen) atoms. The third-order valence-electron chi connectivity index (χ3n) is 4.49. The number of ether oxygens (including phenoxy) is 1. The number of benzene rings is 1. The summed E-state index contributed by atoms with van der Waals surface area (Å²) in [6.45, 7) is 8.48. The lowest BCUT2D eigenvalue weighted by Gasteiger charge is -2.28. The van der Waals surface area contributed by atoms with Crippen LogP contribution in [0, 0.1) is 23.4 Å². The van der Waals surface area contributed by atoms with Gasteiger partial charge < -0.3 is 20.5 Å². The van der Waals surface area contributed by atoms with Crippen LogP contribution in [0.2, 0.25) is 0 Å². The van der Waals surface area contributed by atoms with E-state index < -0.39 is 59.5 Å². The fraction of sp³-hybridized carbons (Fsp3) is 0.571. The van der Waals surface area contributed by atoms with E-state index in [0.717, 1.165) is 0 Å². The van der Waals surface area contributed by atoms with Crippen molar-refractivity contribution in [2.45, 2.75) is 71.6 Å². The highest BCUT2D eigenvalue weighted by Gasteiger charge is 2.30. The van der Waals surface area contributed by atoms with Gasteiger partial charge >= 0.3 is 12.1 Å². The number of halogens is 3. The van der Waals surface area contributed by atoms with Crippen molar-refractivity contribution in [3.05, 3.63) is 35.1 Å². The molecule has 0 aromatic heterocycles. The molecule has 0 saturated heterocycles. The maximum Gasteiger partial charge on any atom is 0.408 e. The van der Waals surface area contributed by atoms with Crippen LogP contribution < -0.4 is 10.6 Å². The minimum absolute atomic E-state index is 0.286. The van der Waals surface area contributed by atoms with Gasteiger partial charge in [0, 0.05) is 12.1 Å². The topological polar surface area (TPSA) is 105 Å². The highest BCUT2D eigenvalue weighted by Crippen LogP contribution is 2.17. The van der Waals surface area contributed by atoms with E-state index in [1.165, 1.54) is 0 Å². The molecule has 1 rings (SSSR count). The minimum atomic E-state index is -1.38. The molecule has 0 saturated carbocycles. The molecule has 10 heteroatoms. The van der Waals surface area contributed by atoms with E-state index in [0.29, 0.717) is 18.6 Å². The van der Waals surface area contributed by atoms with Crippen molar-refractivity contribution >= 4 is 18.0 Å². The molecule has 0 aliphatic rings. The van der Waals surface area contributed by atoms with Gasteiger partial charge in [0.15, 0.2) is 11.6 Å². The van der Waals surface area contributed by atoms with Gasteiger partial charge in [0.25, 0.3) is 0 Å². The first-order valence-corrected chi connectivity index (χ1v) is 9.88. The molecule has 174 valence electrons. The van der Waals surface area contributed by atoms with Crippen molar-refractivity contribution in [1.82, 2.24) is 10.6 Å². The number of carbonyl (C=O) groups is 3. The summed E-state index contributed by atoms with van der Waals surface area (Å²) in [5, 5.41) is 14.1. The number of alkyl carbamates (subject to hydrolysis) is 1. The highest BCUT2D eigenvalue weighted by molar-refractivity contribution is 5.86. The van der Waals surface area contributed by atoms with Crippen LogP contribution in [0.15, 0.2) is 12.1 Å². The summed E-state index contributed by atoms with van der Waals surface area (Å²) in [6.07, 6.45) is -1.30. The van der Waals surface area contributed by atoms with Crippen molar-refractivity contribution in [3.63, 3.8) is 0 Å². The molecule has 0 aliphatic heterocycles. The van der Waals surface area contributed by atoms with E-state index in [-0.39, 0.29) is 17.9 Å². The summed E-state index contributed by atoms with van der Waals surface area (Å²) in [6, 6.07) is -1.20. The molecule has 1 aromatic rings. The molecule has 0 aliphatic carbocycles. The van der Waals surface area contributed by atoms with E-state index in [2.05, 4.69) is 10.6 Å². The molecule has 1 aromatic carbocycles. The first-order valence-electron chi connectivity index (χ1n) is 9.88.